The van der Waals surface area contributed by atoms with Gasteiger partial charge in [0.2, 0.25) is 0 Å². The molecule has 1 aromatic rings. The third kappa shape index (κ3) is 0.554. The topological polar surface area (TPSA) is 58.9 Å². The van der Waals surface area contributed by atoms with Gasteiger partial charge in [-0.3, -0.25) is 4.40 Å². The van der Waals surface area contributed by atoms with Gasteiger partial charge in [-0.1, -0.05) is 0 Å². The zero-order valence-electron chi connectivity index (χ0n) is 6.10. The van der Waals surface area contributed by atoms with Gasteiger partial charge < -0.3 is 4.98 Å². The molecular weight excluding hydrogens is 154 g/mol. The number of hydrogen-bond acceptors (Lipinski definition) is 3. The van der Waals surface area contributed by atoms with Crippen LogP contribution >= 0.6 is 0 Å². The van der Waals surface area contributed by atoms with E-state index in [-0.39, 0.29) is 0 Å². The highest BCUT2D eigenvalue weighted by Gasteiger charge is 2.10. The van der Waals surface area contributed by atoms with E-state index in [9.17, 15) is 0 Å². The first-order chi connectivity index (χ1) is 5.95. The van der Waals surface area contributed by atoms with E-state index in [1.165, 1.54) is 6.33 Å². The minimum absolute atomic E-state index is 0.678. The molecule has 2 aliphatic heterocycles. The SMILES string of the molecule is c1nc2ncn3cc[nH]c3c-2n1. The molecule has 0 fully saturated rings. The molecule has 1 N–H and O–H groups in total. The molecule has 0 saturated carbocycles. The summed E-state index contributed by atoms with van der Waals surface area (Å²) in [6.07, 6.45) is 6.95. The van der Waals surface area contributed by atoms with Gasteiger partial charge in [-0.15, -0.1) is 0 Å². The van der Waals surface area contributed by atoms with Crippen LogP contribution in [-0.4, -0.2) is 24.3 Å². The summed E-state index contributed by atoms with van der Waals surface area (Å²) in [7, 11) is 0. The van der Waals surface area contributed by atoms with Crippen LogP contribution in [-0.2, 0) is 0 Å². The summed E-state index contributed by atoms with van der Waals surface area (Å²) in [5.41, 5.74) is 1.74. The van der Waals surface area contributed by atoms with Crippen LogP contribution in [0.25, 0.3) is 17.2 Å². The molecule has 0 saturated heterocycles. The highest BCUT2D eigenvalue weighted by Crippen LogP contribution is 2.17. The number of aromatic nitrogens is 5. The predicted octanol–water partition coefficient (Wildman–Crippen LogP) is 0.557. The minimum atomic E-state index is 0.678. The molecule has 0 atom stereocenters. The molecular formula is C7H5N5. The number of hydrogen-bond donors (Lipinski definition) is 1. The number of rotatable bonds is 0. The Bertz CT molecular complexity index is 493. The zero-order valence-corrected chi connectivity index (χ0v) is 6.10. The van der Waals surface area contributed by atoms with Crippen molar-refractivity contribution in [1.29, 1.82) is 0 Å². The number of nitrogens with one attached hydrogen (secondary N) is 1. The normalized spacial score (nSPS) is 11.3. The van der Waals surface area contributed by atoms with Crippen LogP contribution in [0.5, 0.6) is 0 Å². The van der Waals surface area contributed by atoms with Gasteiger partial charge in [0.15, 0.2) is 11.5 Å². The summed E-state index contributed by atoms with van der Waals surface area (Å²) in [5.74, 6) is 0.678. The Morgan fingerprint density at radius 1 is 1.25 bits per heavy atom. The first-order valence-electron chi connectivity index (χ1n) is 3.56. The Morgan fingerprint density at radius 3 is 3.25 bits per heavy atom. The van der Waals surface area contributed by atoms with Gasteiger partial charge in [0, 0.05) is 12.4 Å². The van der Waals surface area contributed by atoms with E-state index in [1.54, 1.807) is 6.33 Å². The van der Waals surface area contributed by atoms with Crippen molar-refractivity contribution in [2.24, 2.45) is 0 Å². The average Bonchev–Trinajstić information content (AvgIpc) is 2.71. The second-order valence-electron chi connectivity index (χ2n) is 2.51. The molecule has 0 bridgehead atoms. The van der Waals surface area contributed by atoms with Crippen LogP contribution in [0.4, 0.5) is 0 Å². The van der Waals surface area contributed by atoms with Crippen LogP contribution < -0.4 is 0 Å². The van der Waals surface area contributed by atoms with Gasteiger partial charge >= 0.3 is 0 Å². The minimum Gasteiger partial charge on any atom is -0.344 e. The molecule has 3 rings (SSSR count). The molecule has 5 heteroatoms. The highest BCUT2D eigenvalue weighted by molar-refractivity contribution is 5.68. The zero-order chi connectivity index (χ0) is 7.97. The Kier molecular flexibility index (Phi) is 0.864. The van der Waals surface area contributed by atoms with Crippen LogP contribution in [0.2, 0.25) is 0 Å². The highest BCUT2D eigenvalue weighted by atomic mass is 15.1. The van der Waals surface area contributed by atoms with E-state index in [1.807, 2.05) is 16.8 Å². The van der Waals surface area contributed by atoms with Crippen LogP contribution in [0.15, 0.2) is 25.0 Å². The number of imidazole rings is 2. The molecule has 2 aliphatic rings. The van der Waals surface area contributed by atoms with E-state index in [2.05, 4.69) is 19.9 Å². The molecule has 1 aromatic heterocycles. The third-order valence-electron chi connectivity index (χ3n) is 1.82. The van der Waals surface area contributed by atoms with Crippen molar-refractivity contribution in [3.05, 3.63) is 25.0 Å². The van der Waals surface area contributed by atoms with Gasteiger partial charge in [-0.25, -0.2) is 15.0 Å². The summed E-state index contributed by atoms with van der Waals surface area (Å²) in [5, 5.41) is 0. The summed E-state index contributed by atoms with van der Waals surface area (Å²) >= 11 is 0. The van der Waals surface area contributed by atoms with Gasteiger partial charge in [-0.2, -0.15) is 0 Å². The largest absolute Gasteiger partial charge is 0.344 e. The lowest BCUT2D eigenvalue weighted by atomic mass is 10.4. The Labute approximate surface area is 67.5 Å². The Balaban J connectivity index is 2.61. The van der Waals surface area contributed by atoms with Crippen molar-refractivity contribution >= 4 is 5.65 Å². The summed E-state index contributed by atoms with van der Waals surface area (Å²) < 4.78 is 1.87. The van der Waals surface area contributed by atoms with Gasteiger partial charge in [0.05, 0.1) is 0 Å². The maximum atomic E-state index is 4.11. The maximum absolute atomic E-state index is 4.11. The predicted molar refractivity (Wildman–Crippen MR) is 41.8 cm³/mol. The molecule has 3 heterocycles. The first kappa shape index (κ1) is 5.70. The average molecular weight is 159 g/mol. The van der Waals surface area contributed by atoms with Crippen LogP contribution in [0.3, 0.4) is 0 Å². The fourth-order valence-electron chi connectivity index (χ4n) is 1.27. The van der Waals surface area contributed by atoms with Crippen molar-refractivity contribution < 1.29 is 0 Å². The molecule has 0 aliphatic carbocycles. The molecule has 58 valence electrons. The molecule has 0 unspecified atom stereocenters. The van der Waals surface area contributed by atoms with Gasteiger partial charge in [0.1, 0.15) is 18.3 Å². The van der Waals surface area contributed by atoms with Crippen molar-refractivity contribution in [3.63, 3.8) is 0 Å². The number of aromatic amines is 1. The summed E-state index contributed by atoms with van der Waals surface area (Å²) in [4.78, 5) is 15.3. The van der Waals surface area contributed by atoms with Crippen molar-refractivity contribution in [2.45, 2.75) is 0 Å². The third-order valence-corrected chi connectivity index (χ3v) is 1.82. The van der Waals surface area contributed by atoms with Gasteiger partial charge in [0.25, 0.3) is 0 Å². The summed E-state index contributed by atoms with van der Waals surface area (Å²) in [6.45, 7) is 0. The van der Waals surface area contributed by atoms with E-state index >= 15 is 0 Å². The van der Waals surface area contributed by atoms with E-state index in [0.29, 0.717) is 5.82 Å². The second-order valence-corrected chi connectivity index (χ2v) is 2.51. The molecule has 0 radical (unpaired) electrons. The van der Waals surface area contributed by atoms with Crippen LogP contribution in [0, 0.1) is 0 Å². The van der Waals surface area contributed by atoms with Crippen LogP contribution in [0.1, 0.15) is 0 Å². The van der Waals surface area contributed by atoms with Gasteiger partial charge in [-0.05, 0) is 0 Å². The molecule has 12 heavy (non-hydrogen) atoms. The molecule has 0 spiro atoms. The van der Waals surface area contributed by atoms with E-state index in [4.69, 9.17) is 0 Å². The quantitative estimate of drug-likeness (QED) is 0.521. The lowest BCUT2D eigenvalue weighted by Gasteiger charge is -1.96. The molecule has 0 aromatic carbocycles. The van der Waals surface area contributed by atoms with Crippen molar-refractivity contribution in [3.8, 4) is 11.5 Å². The fourth-order valence-corrected chi connectivity index (χ4v) is 1.27. The second kappa shape index (κ2) is 1.82. The van der Waals surface area contributed by atoms with Crippen molar-refractivity contribution in [1.82, 2.24) is 24.3 Å². The number of nitrogens with zero attached hydrogens (tertiary/aromatic N) is 4. The lowest BCUT2D eigenvalue weighted by molar-refractivity contribution is 1.07. The maximum Gasteiger partial charge on any atom is 0.184 e. The molecule has 0 amide bonds. The number of fused-ring (bicyclic) bond motifs is 3. The monoisotopic (exact) mass is 159 g/mol. The standard InChI is InChI=1S/C7H5N5/c1-2-12-4-11-6-5(7(12)8-1)9-3-10-6/h1-4,8H. The molecule has 5 nitrogen and oxygen atoms in total. The Morgan fingerprint density at radius 2 is 2.25 bits per heavy atom. The van der Waals surface area contributed by atoms with E-state index in [0.717, 1.165) is 11.3 Å². The lowest BCUT2D eigenvalue weighted by Crippen LogP contribution is -1.92. The first-order valence-corrected chi connectivity index (χ1v) is 3.56. The number of H-pyrrole nitrogens is 1. The summed E-state index contributed by atoms with van der Waals surface area (Å²) in [6, 6.07) is 0. The van der Waals surface area contributed by atoms with Crippen molar-refractivity contribution in [2.75, 3.05) is 0 Å². The fraction of sp³-hybridized carbons (Fsp3) is 0. The smallest absolute Gasteiger partial charge is 0.184 e. The van der Waals surface area contributed by atoms with E-state index < -0.39 is 0 Å². The Hall–Kier alpha value is -1.91.